The van der Waals surface area contributed by atoms with Crippen molar-refractivity contribution in [1.29, 1.82) is 0 Å². The smallest absolute Gasteiger partial charge is 0.0883 e. The fourth-order valence-corrected chi connectivity index (χ4v) is 3.18. The Morgan fingerprint density at radius 2 is 1.42 bits per heavy atom. The van der Waals surface area contributed by atoms with Crippen molar-refractivity contribution in [3.8, 4) is 0 Å². The first-order valence-corrected chi connectivity index (χ1v) is 5.76. The van der Waals surface area contributed by atoms with Crippen molar-refractivity contribution >= 4 is 56.0 Å². The summed E-state index contributed by atoms with van der Waals surface area (Å²) in [7, 11) is 2.10. The molecule has 0 aliphatic rings. The Morgan fingerprint density at radius 3 is 1.83 bits per heavy atom. The van der Waals surface area contributed by atoms with E-state index >= 15 is 0 Å². The zero-order valence-electron chi connectivity index (χ0n) is 6.51. The van der Waals surface area contributed by atoms with Crippen LogP contribution in [0.1, 0.15) is 0 Å². The van der Waals surface area contributed by atoms with E-state index in [-0.39, 0.29) is 0 Å². The van der Waals surface area contributed by atoms with Crippen LogP contribution in [-0.2, 0) is 7.05 Å². The largest absolute Gasteiger partial charge is 0.334 e. The van der Waals surface area contributed by atoms with Gasteiger partial charge in [0.25, 0.3) is 0 Å². The molecule has 0 aliphatic carbocycles. The van der Waals surface area contributed by atoms with Crippen molar-refractivity contribution in [2.24, 2.45) is 7.05 Å². The summed E-state index contributed by atoms with van der Waals surface area (Å²) in [5.41, 5.74) is 0. The van der Waals surface area contributed by atoms with Crippen LogP contribution in [0.25, 0.3) is 10.8 Å². The minimum Gasteiger partial charge on any atom is -0.334 e. The van der Waals surface area contributed by atoms with Crippen molar-refractivity contribution in [3.63, 3.8) is 0 Å². The highest BCUT2D eigenvalue weighted by molar-refractivity contribution is 14.1. The summed E-state index contributed by atoms with van der Waals surface area (Å²) in [4.78, 5) is 0. The molecular weight excluding hydrogens is 376 g/mol. The first-order valence-electron chi connectivity index (χ1n) is 3.60. The third-order valence-corrected chi connectivity index (χ3v) is 4.57. The number of aromatic nitrogens is 1. The minimum atomic E-state index is 1.31. The van der Waals surface area contributed by atoms with Crippen LogP contribution in [0.3, 0.4) is 0 Å². The summed E-state index contributed by atoms with van der Waals surface area (Å²) in [6.07, 6.45) is 0. The lowest BCUT2D eigenvalue weighted by Crippen LogP contribution is -1.91. The Balaban J connectivity index is 2.99. The highest BCUT2D eigenvalue weighted by Crippen LogP contribution is 2.27. The number of nitrogens with zero attached hydrogens (tertiary/aromatic N) is 1. The SMILES string of the molecule is Cn1c(I)c2ccccc2c1I. The number of halogens is 2. The second kappa shape index (κ2) is 3.17. The van der Waals surface area contributed by atoms with Crippen LogP contribution in [-0.4, -0.2) is 4.57 Å². The molecule has 1 aromatic carbocycles. The van der Waals surface area contributed by atoms with Crippen molar-refractivity contribution in [2.75, 3.05) is 0 Å². The van der Waals surface area contributed by atoms with Crippen molar-refractivity contribution < 1.29 is 0 Å². The van der Waals surface area contributed by atoms with Gasteiger partial charge in [-0.2, -0.15) is 0 Å². The molecule has 12 heavy (non-hydrogen) atoms. The molecular formula is C9H7I2N. The summed E-state index contributed by atoms with van der Waals surface area (Å²) >= 11 is 4.76. The molecule has 0 N–H and O–H groups in total. The fraction of sp³-hybridized carbons (Fsp3) is 0.111. The van der Waals surface area contributed by atoms with Gasteiger partial charge in [-0.05, 0) is 45.2 Å². The van der Waals surface area contributed by atoms with Gasteiger partial charge >= 0.3 is 0 Å². The van der Waals surface area contributed by atoms with Crippen molar-refractivity contribution in [1.82, 2.24) is 4.57 Å². The Morgan fingerprint density at radius 1 is 1.00 bits per heavy atom. The average molecular weight is 383 g/mol. The molecule has 0 saturated heterocycles. The maximum absolute atomic E-state index is 2.38. The van der Waals surface area contributed by atoms with Crippen molar-refractivity contribution in [3.05, 3.63) is 31.7 Å². The molecule has 0 saturated carbocycles. The second-order valence-electron chi connectivity index (χ2n) is 2.69. The molecule has 0 atom stereocenters. The van der Waals surface area contributed by atoms with Gasteiger partial charge < -0.3 is 4.57 Å². The van der Waals surface area contributed by atoms with Crippen LogP contribution in [0.15, 0.2) is 24.3 Å². The molecule has 3 heteroatoms. The molecule has 1 nitrogen and oxygen atoms in total. The average Bonchev–Trinajstić information content (AvgIpc) is 2.33. The number of hydrogen-bond donors (Lipinski definition) is 0. The van der Waals surface area contributed by atoms with E-state index in [0.29, 0.717) is 0 Å². The zero-order valence-corrected chi connectivity index (χ0v) is 10.8. The quantitative estimate of drug-likeness (QED) is 0.615. The van der Waals surface area contributed by atoms with Gasteiger partial charge in [0.15, 0.2) is 0 Å². The molecule has 0 fully saturated rings. The molecule has 0 amide bonds. The monoisotopic (exact) mass is 383 g/mol. The van der Waals surface area contributed by atoms with E-state index in [4.69, 9.17) is 0 Å². The summed E-state index contributed by atoms with van der Waals surface area (Å²) in [6.45, 7) is 0. The molecule has 62 valence electrons. The maximum atomic E-state index is 2.38. The Bertz CT molecular complexity index is 392. The molecule has 0 bridgehead atoms. The summed E-state index contributed by atoms with van der Waals surface area (Å²) in [6, 6.07) is 8.50. The topological polar surface area (TPSA) is 4.93 Å². The van der Waals surface area contributed by atoms with Crippen LogP contribution < -0.4 is 0 Å². The van der Waals surface area contributed by atoms with Gasteiger partial charge in [0.2, 0.25) is 0 Å². The summed E-state index contributed by atoms with van der Waals surface area (Å²) in [5, 5.41) is 2.70. The third-order valence-electron chi connectivity index (χ3n) is 1.96. The number of hydrogen-bond acceptors (Lipinski definition) is 0. The van der Waals surface area contributed by atoms with Gasteiger partial charge in [-0.15, -0.1) is 0 Å². The van der Waals surface area contributed by atoms with E-state index in [9.17, 15) is 0 Å². The lowest BCUT2D eigenvalue weighted by atomic mass is 10.2. The third kappa shape index (κ3) is 1.17. The predicted molar refractivity (Wildman–Crippen MR) is 68.4 cm³/mol. The summed E-state index contributed by atoms with van der Waals surface area (Å²) in [5.74, 6) is 0. The second-order valence-corrected chi connectivity index (χ2v) is 4.73. The molecule has 0 aliphatic heterocycles. The maximum Gasteiger partial charge on any atom is 0.0883 e. The molecule has 1 heterocycles. The first-order chi connectivity index (χ1) is 5.72. The minimum absolute atomic E-state index is 1.31. The lowest BCUT2D eigenvalue weighted by Gasteiger charge is -1.94. The first kappa shape index (κ1) is 8.80. The lowest BCUT2D eigenvalue weighted by molar-refractivity contribution is 0.879. The highest BCUT2D eigenvalue weighted by Gasteiger charge is 2.08. The van der Waals surface area contributed by atoms with Gasteiger partial charge in [-0.25, -0.2) is 0 Å². The van der Waals surface area contributed by atoms with E-state index in [1.165, 1.54) is 18.2 Å². The van der Waals surface area contributed by atoms with Crippen LogP contribution in [0.2, 0.25) is 0 Å². The van der Waals surface area contributed by atoms with Gasteiger partial charge in [0.1, 0.15) is 0 Å². The summed E-state index contributed by atoms with van der Waals surface area (Å²) < 4.78 is 4.84. The van der Waals surface area contributed by atoms with E-state index in [0.717, 1.165) is 0 Å². The number of benzene rings is 1. The Labute approximate surface area is 98.4 Å². The molecule has 0 radical (unpaired) electrons. The van der Waals surface area contributed by atoms with E-state index < -0.39 is 0 Å². The van der Waals surface area contributed by atoms with Gasteiger partial charge in [0, 0.05) is 17.8 Å². The van der Waals surface area contributed by atoms with Crippen LogP contribution in [0.4, 0.5) is 0 Å². The molecule has 2 aromatic rings. The van der Waals surface area contributed by atoms with E-state index in [1.807, 2.05) is 0 Å². The molecule has 0 unspecified atom stereocenters. The number of fused-ring (bicyclic) bond motifs is 1. The van der Waals surface area contributed by atoms with Gasteiger partial charge in [0.05, 0.1) is 7.40 Å². The Kier molecular flexibility index (Phi) is 2.33. The van der Waals surface area contributed by atoms with Crippen LogP contribution in [0, 0.1) is 7.40 Å². The van der Waals surface area contributed by atoms with Crippen LogP contribution >= 0.6 is 45.2 Å². The highest BCUT2D eigenvalue weighted by atomic mass is 127. The van der Waals surface area contributed by atoms with Crippen LogP contribution in [0.5, 0.6) is 0 Å². The van der Waals surface area contributed by atoms with E-state index in [1.54, 1.807) is 0 Å². The zero-order chi connectivity index (χ0) is 8.72. The predicted octanol–water partition coefficient (Wildman–Crippen LogP) is 3.39. The molecule has 2 rings (SSSR count). The standard InChI is InChI=1S/C9H7I2N/c1-12-8(10)6-4-2-3-5-7(6)9(12)11/h2-5H,1H3. The van der Waals surface area contributed by atoms with E-state index in [2.05, 4.69) is 81.1 Å². The normalized spacial score (nSPS) is 10.9. The molecule has 1 aromatic heterocycles. The van der Waals surface area contributed by atoms with Gasteiger partial charge in [-0.3, -0.25) is 0 Å². The Hall–Kier alpha value is 0.220. The molecule has 0 spiro atoms. The van der Waals surface area contributed by atoms with Crippen molar-refractivity contribution in [2.45, 2.75) is 0 Å². The fourth-order valence-electron chi connectivity index (χ4n) is 1.29. The number of rotatable bonds is 0. The van der Waals surface area contributed by atoms with Gasteiger partial charge in [-0.1, -0.05) is 24.3 Å².